The zero-order chi connectivity index (χ0) is 28.5. The van der Waals surface area contributed by atoms with Crippen LogP contribution >= 0.6 is 34.2 Å². The van der Waals surface area contributed by atoms with E-state index in [1.165, 1.54) is 0 Å². The van der Waals surface area contributed by atoms with E-state index in [-0.39, 0.29) is 17.3 Å². The number of alkyl halides is 1. The minimum Gasteiger partial charge on any atom is -0.458 e. The van der Waals surface area contributed by atoms with Crippen molar-refractivity contribution >= 4 is 51.1 Å². The van der Waals surface area contributed by atoms with E-state index in [1.54, 1.807) is 18.2 Å². The Morgan fingerprint density at radius 2 is 1.69 bits per heavy atom. The molecule has 0 aliphatic heterocycles. The molecule has 3 aromatic carbocycles. The van der Waals surface area contributed by atoms with Crippen LogP contribution in [-0.4, -0.2) is 28.8 Å². The number of aryl methyl sites for hydroxylation is 1. The Morgan fingerprint density at radius 1 is 1.03 bits per heavy atom. The number of fused-ring (bicyclic) bond motifs is 1. The van der Waals surface area contributed by atoms with Gasteiger partial charge < -0.3 is 15.1 Å². The number of hydrogen-bond acceptors (Lipinski definition) is 4. The van der Waals surface area contributed by atoms with Crippen LogP contribution in [0, 0.1) is 12.8 Å². The molecular formula is C32H36ClIN2O3. The second kappa shape index (κ2) is 14.6. The largest absolute Gasteiger partial charge is 0.458 e. The predicted octanol–water partition coefficient (Wildman–Crippen LogP) is 7.59. The summed E-state index contributed by atoms with van der Waals surface area (Å²) in [7, 11) is 0. The number of hydrogen-bond donors (Lipinski definition) is 1. The van der Waals surface area contributed by atoms with Crippen molar-refractivity contribution in [2.75, 3.05) is 18.0 Å². The zero-order valence-corrected chi connectivity index (χ0v) is 25.8. The average molecular weight is 659 g/mol. The van der Waals surface area contributed by atoms with Crippen LogP contribution in [0.3, 0.4) is 0 Å². The number of benzene rings is 3. The van der Waals surface area contributed by atoms with E-state index in [0.717, 1.165) is 11.1 Å². The van der Waals surface area contributed by atoms with E-state index in [2.05, 4.69) is 22.6 Å². The second-order valence-corrected chi connectivity index (χ2v) is 10.2. The number of halogens is 2. The molecule has 5 nitrogen and oxygen atoms in total. The molecule has 0 radical (unpaired) electrons. The van der Waals surface area contributed by atoms with E-state index < -0.39 is 6.04 Å². The van der Waals surface area contributed by atoms with Crippen LogP contribution in [0.1, 0.15) is 59.1 Å². The van der Waals surface area contributed by atoms with Crippen LogP contribution in [0.25, 0.3) is 11.0 Å². The van der Waals surface area contributed by atoms with Crippen LogP contribution in [0.15, 0.2) is 82.0 Å². The van der Waals surface area contributed by atoms with Gasteiger partial charge in [-0.1, -0.05) is 96.1 Å². The summed E-state index contributed by atoms with van der Waals surface area (Å²) in [4.78, 5) is 31.6. The van der Waals surface area contributed by atoms with Gasteiger partial charge in [-0.05, 0) is 60.6 Å². The van der Waals surface area contributed by atoms with Crippen molar-refractivity contribution in [3.63, 3.8) is 0 Å². The smallest absolute Gasteiger partial charge is 0.254 e. The highest BCUT2D eigenvalue weighted by Crippen LogP contribution is 2.35. The first-order valence-electron chi connectivity index (χ1n) is 13.0. The van der Waals surface area contributed by atoms with Gasteiger partial charge in [0.15, 0.2) is 5.43 Å². The summed E-state index contributed by atoms with van der Waals surface area (Å²) < 4.78 is 6.51. The molecule has 206 valence electrons. The Morgan fingerprint density at radius 3 is 2.31 bits per heavy atom. The standard InChI is InChI=1S/C31H33ClN2O3.CH3I/c1-20(2)28(34(17-7-16-33)31(36)23-12-10-21(3)11-13-23)30-26(18-22-8-5-4-6-9-22)29(35)25-15-14-24(32)19-27(25)37-30;1-2/h4-6,8-15,19-20,28H,7,16-18,33H2,1-3H3;1H3/t28-;/m1./s1. The van der Waals surface area contributed by atoms with E-state index in [4.69, 9.17) is 21.8 Å². The number of nitrogens with two attached hydrogens (primary N) is 1. The molecule has 0 saturated carbocycles. The summed E-state index contributed by atoms with van der Waals surface area (Å²) in [6.07, 6.45) is 1.02. The second-order valence-electron chi connectivity index (χ2n) is 9.77. The Bertz CT molecular complexity index is 1440. The number of nitrogens with zero attached hydrogens (tertiary/aromatic N) is 1. The summed E-state index contributed by atoms with van der Waals surface area (Å²) >= 11 is 8.42. The minimum absolute atomic E-state index is 0.0403. The van der Waals surface area contributed by atoms with Crippen LogP contribution in [0.4, 0.5) is 0 Å². The molecule has 0 unspecified atom stereocenters. The molecule has 1 aromatic heterocycles. The third-order valence-electron chi connectivity index (χ3n) is 6.60. The molecule has 0 saturated heterocycles. The van der Waals surface area contributed by atoms with E-state index >= 15 is 0 Å². The van der Waals surface area contributed by atoms with Crippen molar-refractivity contribution in [1.29, 1.82) is 0 Å². The van der Waals surface area contributed by atoms with E-state index in [1.807, 2.05) is 85.2 Å². The Balaban J connectivity index is 0.00000205. The number of carbonyl (C=O) groups is 1. The quantitative estimate of drug-likeness (QED) is 0.149. The highest BCUT2D eigenvalue weighted by molar-refractivity contribution is 14.1. The summed E-state index contributed by atoms with van der Waals surface area (Å²) in [6.45, 7) is 6.95. The number of carbonyl (C=O) groups excluding carboxylic acids is 1. The van der Waals surface area contributed by atoms with Crippen LogP contribution in [0.5, 0.6) is 0 Å². The molecule has 0 aliphatic rings. The molecule has 39 heavy (non-hydrogen) atoms. The molecular weight excluding hydrogens is 623 g/mol. The predicted molar refractivity (Wildman–Crippen MR) is 170 cm³/mol. The molecule has 1 heterocycles. The van der Waals surface area contributed by atoms with Gasteiger partial charge in [-0.15, -0.1) is 0 Å². The molecule has 0 bridgehead atoms. The van der Waals surface area contributed by atoms with Crippen molar-refractivity contribution in [2.45, 2.75) is 39.7 Å². The molecule has 0 fully saturated rings. The van der Waals surface area contributed by atoms with Crippen LogP contribution in [0.2, 0.25) is 5.02 Å². The lowest BCUT2D eigenvalue weighted by molar-refractivity contribution is 0.0587. The molecule has 4 aromatic rings. The first-order chi connectivity index (χ1) is 18.8. The maximum Gasteiger partial charge on any atom is 0.254 e. The summed E-state index contributed by atoms with van der Waals surface area (Å²) in [5, 5.41) is 0.953. The van der Waals surface area contributed by atoms with Gasteiger partial charge in [0.25, 0.3) is 5.91 Å². The maximum atomic E-state index is 13.9. The third kappa shape index (κ3) is 7.50. The lowest BCUT2D eigenvalue weighted by Gasteiger charge is -2.35. The summed E-state index contributed by atoms with van der Waals surface area (Å²) in [5.41, 5.74) is 9.38. The van der Waals surface area contributed by atoms with Gasteiger partial charge in [-0.2, -0.15) is 0 Å². The molecule has 0 spiro atoms. The fourth-order valence-electron chi connectivity index (χ4n) is 4.72. The van der Waals surface area contributed by atoms with Gasteiger partial charge in [-0.3, -0.25) is 9.59 Å². The van der Waals surface area contributed by atoms with Gasteiger partial charge >= 0.3 is 0 Å². The monoisotopic (exact) mass is 658 g/mol. The first kappa shape index (κ1) is 30.9. The van der Waals surface area contributed by atoms with Crippen molar-refractivity contribution in [3.8, 4) is 0 Å². The molecule has 1 amide bonds. The van der Waals surface area contributed by atoms with E-state index in [9.17, 15) is 9.59 Å². The van der Waals surface area contributed by atoms with Gasteiger partial charge in [0, 0.05) is 35.2 Å². The molecule has 4 rings (SSSR count). The Kier molecular flexibility index (Phi) is 11.6. The van der Waals surface area contributed by atoms with Crippen molar-refractivity contribution < 1.29 is 9.21 Å². The molecule has 1 atom stereocenters. The third-order valence-corrected chi connectivity index (χ3v) is 6.84. The lowest BCUT2D eigenvalue weighted by atomic mass is 9.91. The molecule has 0 aliphatic carbocycles. The van der Waals surface area contributed by atoms with Crippen LogP contribution in [-0.2, 0) is 6.42 Å². The molecule has 2 N–H and O–H groups in total. The van der Waals surface area contributed by atoms with Crippen molar-refractivity contribution in [3.05, 3.63) is 116 Å². The Labute approximate surface area is 249 Å². The van der Waals surface area contributed by atoms with Crippen molar-refractivity contribution in [1.82, 2.24) is 4.90 Å². The Hall–Kier alpha value is -2.68. The van der Waals surface area contributed by atoms with Gasteiger partial charge in [0.1, 0.15) is 11.3 Å². The number of amides is 1. The minimum atomic E-state index is -0.477. The highest BCUT2D eigenvalue weighted by Gasteiger charge is 2.33. The fraction of sp³-hybridized carbons (Fsp3) is 0.312. The summed E-state index contributed by atoms with van der Waals surface area (Å²) in [5.74, 6) is 0.337. The van der Waals surface area contributed by atoms with Crippen LogP contribution < -0.4 is 11.2 Å². The first-order valence-corrected chi connectivity index (χ1v) is 15.6. The average Bonchev–Trinajstić information content (AvgIpc) is 2.94. The normalized spacial score (nSPS) is 11.7. The fourth-order valence-corrected chi connectivity index (χ4v) is 4.89. The van der Waals surface area contributed by atoms with Gasteiger partial charge in [-0.25, -0.2) is 0 Å². The SMILES string of the molecule is CI.Cc1ccc(C(=O)N(CCCN)[C@@H](c2oc3cc(Cl)ccc3c(=O)c2Cc2ccccc2)C(C)C)cc1. The molecule has 7 heteroatoms. The lowest BCUT2D eigenvalue weighted by Crippen LogP contribution is -2.40. The maximum absolute atomic E-state index is 13.9. The van der Waals surface area contributed by atoms with Crippen molar-refractivity contribution in [2.24, 2.45) is 11.7 Å². The number of rotatable bonds is 9. The van der Waals surface area contributed by atoms with E-state index in [0.29, 0.717) is 58.8 Å². The highest BCUT2D eigenvalue weighted by atomic mass is 127. The van der Waals surface area contributed by atoms with Gasteiger partial charge in [0.05, 0.1) is 11.4 Å². The zero-order valence-electron chi connectivity index (χ0n) is 22.9. The summed E-state index contributed by atoms with van der Waals surface area (Å²) in [6, 6.07) is 21.9. The van der Waals surface area contributed by atoms with Gasteiger partial charge in [0.2, 0.25) is 0 Å². The topological polar surface area (TPSA) is 76.5 Å².